The number of benzene rings is 2. The second-order valence-corrected chi connectivity index (χ2v) is 7.92. The molecule has 3 aromatic rings. The van der Waals surface area contributed by atoms with E-state index >= 15 is 4.39 Å². The van der Waals surface area contributed by atoms with Gasteiger partial charge in [-0.3, -0.25) is 4.79 Å². The predicted octanol–water partition coefficient (Wildman–Crippen LogP) is 3.92. The van der Waals surface area contributed by atoms with Gasteiger partial charge in [-0.1, -0.05) is 0 Å². The topological polar surface area (TPSA) is 74.6 Å². The molecule has 1 aromatic heterocycles. The molecule has 4 rings (SSSR count). The van der Waals surface area contributed by atoms with Crippen LogP contribution in [0.4, 0.5) is 32.0 Å². The van der Waals surface area contributed by atoms with E-state index in [9.17, 15) is 36.6 Å². The zero-order valence-electron chi connectivity index (χ0n) is 17.5. The molecule has 2 aromatic carbocycles. The Kier molecular flexibility index (Phi) is 5.80. The summed E-state index contributed by atoms with van der Waals surface area (Å²) in [5.74, 6) is -5.52. The fourth-order valence-corrected chi connectivity index (χ4v) is 4.18. The van der Waals surface area contributed by atoms with Gasteiger partial charge >= 0.3 is 12.1 Å². The van der Waals surface area contributed by atoms with Gasteiger partial charge < -0.3 is 19.9 Å². The lowest BCUT2D eigenvalue weighted by atomic mass is 10.0. The van der Waals surface area contributed by atoms with Crippen LogP contribution in [0.25, 0.3) is 16.6 Å². The second kappa shape index (κ2) is 8.35. The number of fused-ring (bicyclic) bond motifs is 1. The van der Waals surface area contributed by atoms with Gasteiger partial charge in [-0.25, -0.2) is 18.0 Å². The number of halogens is 6. The van der Waals surface area contributed by atoms with E-state index in [1.54, 1.807) is 6.92 Å². The Hall–Kier alpha value is -3.54. The maximum Gasteiger partial charge on any atom is 0.420 e. The summed E-state index contributed by atoms with van der Waals surface area (Å²) >= 11 is 0. The minimum Gasteiger partial charge on any atom is -0.477 e. The zero-order valence-corrected chi connectivity index (χ0v) is 17.5. The van der Waals surface area contributed by atoms with Crippen molar-refractivity contribution in [2.45, 2.75) is 19.1 Å². The Morgan fingerprint density at radius 2 is 1.85 bits per heavy atom. The van der Waals surface area contributed by atoms with Crippen LogP contribution in [0.5, 0.6) is 0 Å². The third-order valence-electron chi connectivity index (χ3n) is 5.58. The molecule has 0 saturated carbocycles. The molecule has 1 fully saturated rings. The van der Waals surface area contributed by atoms with E-state index in [2.05, 4.69) is 5.32 Å². The zero-order chi connectivity index (χ0) is 24.9. The Morgan fingerprint density at radius 1 is 1.15 bits per heavy atom. The van der Waals surface area contributed by atoms with Crippen LogP contribution in [0.1, 0.15) is 22.8 Å². The number of piperazine rings is 1. The van der Waals surface area contributed by atoms with Gasteiger partial charge in [0.15, 0.2) is 0 Å². The first-order chi connectivity index (χ1) is 15.9. The number of alkyl halides is 3. The summed E-state index contributed by atoms with van der Waals surface area (Å²) < 4.78 is 87.3. The molecule has 2 N–H and O–H groups in total. The smallest absolute Gasteiger partial charge is 0.420 e. The summed E-state index contributed by atoms with van der Waals surface area (Å²) in [4.78, 5) is 25.5. The highest BCUT2D eigenvalue weighted by molar-refractivity contribution is 5.96. The van der Waals surface area contributed by atoms with E-state index in [0.29, 0.717) is 22.9 Å². The van der Waals surface area contributed by atoms with Crippen LogP contribution in [-0.2, 0) is 6.18 Å². The molecule has 0 spiro atoms. The van der Waals surface area contributed by atoms with Crippen LogP contribution >= 0.6 is 0 Å². The van der Waals surface area contributed by atoms with Gasteiger partial charge in [0.1, 0.15) is 28.6 Å². The highest BCUT2D eigenvalue weighted by atomic mass is 19.4. The molecule has 12 heteroatoms. The molecule has 1 unspecified atom stereocenters. The van der Waals surface area contributed by atoms with E-state index in [4.69, 9.17) is 0 Å². The molecule has 1 saturated heterocycles. The number of nitrogens with zero attached hydrogens (tertiary/aromatic N) is 2. The Bertz CT molecular complexity index is 1370. The summed E-state index contributed by atoms with van der Waals surface area (Å²) in [7, 11) is 0. The van der Waals surface area contributed by atoms with E-state index in [-0.39, 0.29) is 25.7 Å². The van der Waals surface area contributed by atoms with Crippen molar-refractivity contribution in [3.63, 3.8) is 0 Å². The van der Waals surface area contributed by atoms with E-state index in [1.807, 2.05) is 0 Å². The minimum absolute atomic E-state index is 0.00780. The summed E-state index contributed by atoms with van der Waals surface area (Å²) in [6, 6.07) is 2.21. The van der Waals surface area contributed by atoms with Gasteiger partial charge in [-0.15, -0.1) is 0 Å². The molecule has 1 aliphatic rings. The summed E-state index contributed by atoms with van der Waals surface area (Å²) in [6.07, 6.45) is -4.69. The number of carboxylic acids is 1. The van der Waals surface area contributed by atoms with Crippen molar-refractivity contribution in [2.24, 2.45) is 0 Å². The molecule has 0 radical (unpaired) electrons. The monoisotopic (exact) mass is 485 g/mol. The van der Waals surface area contributed by atoms with E-state index in [0.717, 1.165) is 12.1 Å². The van der Waals surface area contributed by atoms with Crippen LogP contribution in [-0.4, -0.2) is 41.3 Å². The number of rotatable bonds is 3. The number of aromatic nitrogens is 1. The van der Waals surface area contributed by atoms with Gasteiger partial charge in [-0.2, -0.15) is 13.2 Å². The molecule has 6 nitrogen and oxygen atoms in total. The van der Waals surface area contributed by atoms with Crippen LogP contribution in [0.15, 0.2) is 35.3 Å². The maximum absolute atomic E-state index is 15.2. The Labute approximate surface area is 188 Å². The van der Waals surface area contributed by atoms with Gasteiger partial charge in [0.05, 0.1) is 22.3 Å². The first-order valence-corrected chi connectivity index (χ1v) is 10.1. The molecular formula is C22H17F6N3O3. The van der Waals surface area contributed by atoms with Gasteiger partial charge in [-0.05, 0) is 25.1 Å². The van der Waals surface area contributed by atoms with Crippen LogP contribution in [0, 0.1) is 17.5 Å². The lowest BCUT2D eigenvalue weighted by Crippen LogP contribution is -2.50. The van der Waals surface area contributed by atoms with Gasteiger partial charge in [0.2, 0.25) is 5.43 Å². The molecule has 0 bridgehead atoms. The second-order valence-electron chi connectivity index (χ2n) is 7.92. The maximum atomic E-state index is 15.2. The molecular weight excluding hydrogens is 468 g/mol. The first-order valence-electron chi connectivity index (χ1n) is 10.1. The summed E-state index contributed by atoms with van der Waals surface area (Å²) in [5, 5.41) is 11.5. The fraction of sp³-hybridized carbons (Fsp3) is 0.273. The fourth-order valence-electron chi connectivity index (χ4n) is 4.18. The number of nitrogens with one attached hydrogen (secondary N) is 1. The number of hydrogen-bond donors (Lipinski definition) is 2. The largest absolute Gasteiger partial charge is 0.477 e. The lowest BCUT2D eigenvalue weighted by molar-refractivity contribution is -0.136. The number of carbonyl (C=O) groups is 1. The van der Waals surface area contributed by atoms with Gasteiger partial charge in [0.25, 0.3) is 0 Å². The number of aromatic carboxylic acids is 1. The van der Waals surface area contributed by atoms with Crippen LogP contribution in [0.2, 0.25) is 0 Å². The number of pyridine rings is 1. The number of anilines is 1. The van der Waals surface area contributed by atoms with Crippen molar-refractivity contribution in [2.75, 3.05) is 24.5 Å². The Morgan fingerprint density at radius 3 is 2.44 bits per heavy atom. The van der Waals surface area contributed by atoms with E-state index in [1.165, 1.54) is 4.90 Å². The van der Waals surface area contributed by atoms with Crippen molar-refractivity contribution >= 4 is 22.6 Å². The average molecular weight is 485 g/mol. The number of hydrogen-bond acceptors (Lipinski definition) is 4. The van der Waals surface area contributed by atoms with Gasteiger partial charge in [0, 0.05) is 37.9 Å². The molecule has 34 heavy (non-hydrogen) atoms. The van der Waals surface area contributed by atoms with Crippen molar-refractivity contribution in [1.29, 1.82) is 0 Å². The molecule has 1 aliphatic heterocycles. The highest BCUT2D eigenvalue weighted by Gasteiger charge is 2.41. The molecule has 180 valence electrons. The van der Waals surface area contributed by atoms with Crippen LogP contribution < -0.4 is 15.6 Å². The molecule has 2 heterocycles. The average Bonchev–Trinajstić information content (AvgIpc) is 2.73. The molecule has 0 aliphatic carbocycles. The van der Waals surface area contributed by atoms with Crippen molar-refractivity contribution in [3.8, 4) is 5.69 Å². The highest BCUT2D eigenvalue weighted by Crippen LogP contribution is 2.43. The van der Waals surface area contributed by atoms with Crippen molar-refractivity contribution in [3.05, 3.63) is 69.3 Å². The van der Waals surface area contributed by atoms with Crippen LogP contribution in [0.3, 0.4) is 0 Å². The third-order valence-corrected chi connectivity index (χ3v) is 5.58. The number of carboxylic acid groups (broad SMARTS) is 1. The standard InChI is InChI=1S/C22H17F6N3O3/c1-10-8-30(5-4-29-10)19-15(25)7-12-18(17(19)22(26,27)28)31(9-13(20(12)32)21(33)34)16-3-2-11(23)6-14(16)24/h2-3,6-7,9-10,29H,4-5,8H2,1H3,(H,33,34). The SMILES string of the molecule is CC1CN(c2c(F)cc3c(=O)c(C(=O)O)cn(-c4ccc(F)cc4F)c3c2C(F)(F)F)CCN1. The molecule has 0 amide bonds. The summed E-state index contributed by atoms with van der Waals surface area (Å²) in [5.41, 5.74) is -6.36. The normalized spacial score (nSPS) is 16.8. The first kappa shape index (κ1) is 23.6. The predicted molar refractivity (Wildman–Crippen MR) is 111 cm³/mol. The summed E-state index contributed by atoms with van der Waals surface area (Å²) in [6.45, 7) is 1.97. The van der Waals surface area contributed by atoms with Crippen molar-refractivity contribution in [1.82, 2.24) is 9.88 Å². The molecule has 1 atom stereocenters. The third kappa shape index (κ3) is 3.98. The quantitative estimate of drug-likeness (QED) is 0.551. The van der Waals surface area contributed by atoms with Crippen molar-refractivity contribution < 1.29 is 36.2 Å². The van der Waals surface area contributed by atoms with E-state index < -0.39 is 68.4 Å². The Balaban J connectivity index is 2.22. The minimum atomic E-state index is -5.22. The lowest BCUT2D eigenvalue weighted by Gasteiger charge is -2.36.